The molecule has 16 valence electrons. The molecule has 2 nitrogen and oxygen atoms in total. The third-order valence-corrected chi connectivity index (χ3v) is 0. The van der Waals surface area contributed by atoms with Crippen LogP contribution in [0.5, 0.6) is 0 Å². The van der Waals surface area contributed by atoms with Gasteiger partial charge in [-0.15, -0.1) is 0 Å². The van der Waals surface area contributed by atoms with Crippen molar-refractivity contribution in [2.24, 2.45) is 0 Å². The van der Waals surface area contributed by atoms with Gasteiger partial charge in [-0.2, -0.15) is 0 Å². The van der Waals surface area contributed by atoms with Gasteiger partial charge in [-0.1, -0.05) is 0 Å². The second-order valence-corrected chi connectivity index (χ2v) is 0. The summed E-state index contributed by atoms with van der Waals surface area (Å²) >= 11 is 0. The maximum Gasteiger partial charge on any atom is 3.00 e. The van der Waals surface area contributed by atoms with Crippen molar-refractivity contribution < 1.29 is 76.4 Å². The molecule has 0 bridgehead atoms. The molecule has 0 aliphatic heterocycles. The van der Waals surface area contributed by atoms with Crippen LogP contribution < -0.4 is 0 Å². The van der Waals surface area contributed by atoms with Gasteiger partial charge in [0.05, 0.1) is 0 Å². The van der Waals surface area contributed by atoms with Crippen LogP contribution in [0.3, 0.4) is 0 Å². The van der Waals surface area contributed by atoms with Crippen LogP contribution in [0.15, 0.2) is 0 Å². The summed E-state index contributed by atoms with van der Waals surface area (Å²) < 4.78 is 0. The Morgan fingerprint density at radius 1 is 0.500 bits per heavy atom. The van der Waals surface area contributed by atoms with Crippen LogP contribution in [-0.2, 0) is 76.4 Å². The Labute approximate surface area is 109 Å². The van der Waals surface area contributed by atoms with Crippen LogP contribution in [-0.4, -0.2) is 34.7 Å². The van der Waals surface area contributed by atoms with Crippen molar-refractivity contribution in [1.82, 2.24) is 0 Å². The zero-order valence-corrected chi connectivity index (χ0v) is 11.1. The summed E-state index contributed by atoms with van der Waals surface area (Å²) in [6.07, 6.45) is 0. The molecular formula is Al2O2Y2+8. The molecule has 0 atom stereocenters. The Morgan fingerprint density at radius 2 is 0.500 bits per heavy atom. The third-order valence-electron chi connectivity index (χ3n) is 0. The Hall–Kier alpha value is 3.19. The topological polar surface area (TPSA) is 57.0 Å². The molecule has 0 fully saturated rings. The molecule has 0 saturated carbocycles. The number of hydrogen-bond donors (Lipinski definition) is 0. The van der Waals surface area contributed by atoms with E-state index in [2.05, 4.69) is 0 Å². The van der Waals surface area contributed by atoms with Gasteiger partial charge in [-0.25, -0.2) is 0 Å². The van der Waals surface area contributed by atoms with E-state index in [1.807, 2.05) is 0 Å². The number of rotatable bonds is 0. The molecule has 0 aromatic carbocycles. The summed E-state index contributed by atoms with van der Waals surface area (Å²) in [5.41, 5.74) is 0. The molecular weight excluding hydrogens is 264 g/mol. The SMILES string of the molecule is [Al+3].[Al+3].[O-2].[O-2].[Y+3].[Y+3]. The summed E-state index contributed by atoms with van der Waals surface area (Å²) in [4.78, 5) is 0. The van der Waals surface area contributed by atoms with Gasteiger partial charge in [0.25, 0.3) is 0 Å². The van der Waals surface area contributed by atoms with Crippen LogP contribution in [0.4, 0.5) is 0 Å². The Bertz CT molecular complexity index is 9.51. The van der Waals surface area contributed by atoms with Gasteiger partial charge in [0.1, 0.15) is 0 Å². The van der Waals surface area contributed by atoms with Gasteiger partial charge in [0.2, 0.25) is 0 Å². The molecule has 0 amide bonds. The predicted octanol–water partition coefficient (Wildman–Crippen LogP) is -1.00. The van der Waals surface area contributed by atoms with Crippen molar-refractivity contribution >= 4 is 34.7 Å². The summed E-state index contributed by atoms with van der Waals surface area (Å²) in [7, 11) is 0. The van der Waals surface area contributed by atoms with Crippen LogP contribution in [0, 0.1) is 0 Å². The van der Waals surface area contributed by atoms with Crippen molar-refractivity contribution in [3.63, 3.8) is 0 Å². The monoisotopic (exact) mass is 264 g/mol. The molecule has 6 heavy (non-hydrogen) atoms. The molecule has 0 heterocycles. The smallest absolute Gasteiger partial charge is 2.00 e. The first-order valence-electron chi connectivity index (χ1n) is 0. The van der Waals surface area contributed by atoms with Gasteiger partial charge in [0, 0.05) is 0 Å². The van der Waals surface area contributed by atoms with E-state index in [1.54, 1.807) is 0 Å². The summed E-state index contributed by atoms with van der Waals surface area (Å²) in [6.45, 7) is 0. The van der Waals surface area contributed by atoms with Crippen molar-refractivity contribution in [2.75, 3.05) is 0 Å². The predicted molar refractivity (Wildman–Crippen MR) is 12.9 cm³/mol. The van der Waals surface area contributed by atoms with E-state index in [0.717, 1.165) is 0 Å². The van der Waals surface area contributed by atoms with Gasteiger partial charge in [0.15, 0.2) is 0 Å². The fourth-order valence-electron chi connectivity index (χ4n) is 0. The first-order chi connectivity index (χ1) is 0. The average Bonchev–Trinajstić information content (AvgIpc) is 0. The van der Waals surface area contributed by atoms with E-state index in [0.29, 0.717) is 0 Å². The van der Waals surface area contributed by atoms with E-state index in [4.69, 9.17) is 0 Å². The second-order valence-electron chi connectivity index (χ2n) is 0. The van der Waals surface area contributed by atoms with Crippen LogP contribution in [0.1, 0.15) is 0 Å². The average molecular weight is 264 g/mol. The standard InChI is InChI=1S/2Al.2O.2Y/q2*+3;2*-2;2*+3. The maximum absolute atomic E-state index is 0. The molecule has 0 N–H and O–H groups in total. The van der Waals surface area contributed by atoms with E-state index in [1.165, 1.54) is 0 Å². The zero-order valence-electron chi connectivity index (χ0n) is 3.13. The first-order valence-corrected chi connectivity index (χ1v) is 0. The third kappa shape index (κ3) is 27.1. The van der Waals surface area contributed by atoms with Crippen LogP contribution in [0.25, 0.3) is 0 Å². The molecule has 0 aromatic rings. The maximum atomic E-state index is 0. The Kier molecular flexibility index (Phi) is 419. The summed E-state index contributed by atoms with van der Waals surface area (Å²) in [5, 5.41) is 0. The second kappa shape index (κ2) is 41.6. The Balaban J connectivity index is 0. The minimum Gasteiger partial charge on any atom is -2.00 e. The molecule has 0 aliphatic rings. The van der Waals surface area contributed by atoms with Crippen LogP contribution in [0.2, 0.25) is 0 Å². The van der Waals surface area contributed by atoms with E-state index >= 15 is 0 Å². The van der Waals surface area contributed by atoms with Gasteiger partial charge in [-0.05, 0) is 0 Å². The molecule has 6 heteroatoms. The van der Waals surface area contributed by atoms with Crippen molar-refractivity contribution in [2.45, 2.75) is 0 Å². The Morgan fingerprint density at radius 3 is 0.500 bits per heavy atom. The molecule has 0 unspecified atom stereocenters. The van der Waals surface area contributed by atoms with E-state index in [-0.39, 0.29) is 111 Å². The summed E-state index contributed by atoms with van der Waals surface area (Å²) in [6, 6.07) is 0. The van der Waals surface area contributed by atoms with E-state index < -0.39 is 0 Å². The van der Waals surface area contributed by atoms with E-state index in [9.17, 15) is 0 Å². The normalized spacial score (nSPS) is 0. The van der Waals surface area contributed by atoms with Crippen molar-refractivity contribution in [1.29, 1.82) is 0 Å². The zero-order chi connectivity index (χ0) is 0. The van der Waals surface area contributed by atoms with Crippen molar-refractivity contribution in [3.05, 3.63) is 0 Å². The fraction of sp³-hybridized carbons (Fsp3) is 0. The fourth-order valence-corrected chi connectivity index (χ4v) is 0. The molecule has 0 rings (SSSR count). The van der Waals surface area contributed by atoms with Crippen LogP contribution >= 0.6 is 0 Å². The molecule has 0 radical (unpaired) electrons. The largest absolute Gasteiger partial charge is 3.00 e. The van der Waals surface area contributed by atoms with Crippen molar-refractivity contribution in [3.8, 4) is 0 Å². The molecule has 0 spiro atoms. The van der Waals surface area contributed by atoms with Gasteiger partial charge < -0.3 is 11.0 Å². The minimum absolute atomic E-state index is 0. The summed E-state index contributed by atoms with van der Waals surface area (Å²) in [5.74, 6) is 0. The molecule has 0 saturated heterocycles. The molecule has 0 aliphatic carbocycles. The minimum atomic E-state index is 0. The number of hydrogen-bond acceptors (Lipinski definition) is 0. The molecule has 0 aromatic heterocycles. The van der Waals surface area contributed by atoms with Gasteiger partial charge in [-0.3, -0.25) is 0 Å². The quantitative estimate of drug-likeness (QED) is 0.504. The van der Waals surface area contributed by atoms with Gasteiger partial charge >= 0.3 is 100 Å². The first kappa shape index (κ1) is 60.5.